The van der Waals surface area contributed by atoms with Crippen LogP contribution in [-0.2, 0) is 11.3 Å². The number of halogens is 1. The third-order valence-corrected chi connectivity index (χ3v) is 2.31. The second-order valence-electron chi connectivity index (χ2n) is 3.64. The van der Waals surface area contributed by atoms with E-state index in [0.717, 1.165) is 6.54 Å². The number of hydrogen-bond acceptors (Lipinski definition) is 3. The van der Waals surface area contributed by atoms with E-state index in [9.17, 15) is 4.39 Å². The lowest BCUT2D eigenvalue weighted by molar-refractivity contribution is 0.158. The Morgan fingerprint density at radius 1 is 1.50 bits per heavy atom. The highest BCUT2D eigenvalue weighted by Crippen LogP contribution is 2.12. The molecule has 0 atom stereocenters. The largest absolute Gasteiger partial charge is 0.383 e. The van der Waals surface area contributed by atoms with Gasteiger partial charge in [0.2, 0.25) is 0 Å². The first-order chi connectivity index (χ1) is 7.67. The Hall–Kier alpha value is -1.44. The molecule has 4 heteroatoms. The standard InChI is InChI=1S/C12H15FN2O/c1-15(5-6-16-2)9-11-7-12(13)4-3-10(11)8-14/h3-4,7H,5-6,9H2,1-2H3. The van der Waals surface area contributed by atoms with E-state index < -0.39 is 0 Å². The van der Waals surface area contributed by atoms with E-state index in [1.807, 2.05) is 11.9 Å². The number of nitrogens with zero attached hydrogens (tertiary/aromatic N) is 2. The molecule has 0 heterocycles. The van der Waals surface area contributed by atoms with Crippen LogP contribution in [0.3, 0.4) is 0 Å². The van der Waals surface area contributed by atoms with Crippen LogP contribution in [0.4, 0.5) is 4.39 Å². The van der Waals surface area contributed by atoms with Gasteiger partial charge in [-0.2, -0.15) is 5.26 Å². The fourth-order valence-electron chi connectivity index (χ4n) is 1.42. The first kappa shape index (κ1) is 12.6. The third-order valence-electron chi connectivity index (χ3n) is 2.31. The smallest absolute Gasteiger partial charge is 0.123 e. The summed E-state index contributed by atoms with van der Waals surface area (Å²) in [6.07, 6.45) is 0. The van der Waals surface area contributed by atoms with Crippen molar-refractivity contribution in [2.45, 2.75) is 6.54 Å². The van der Waals surface area contributed by atoms with Crippen LogP contribution in [0.2, 0.25) is 0 Å². The van der Waals surface area contributed by atoms with Crippen molar-refractivity contribution in [1.82, 2.24) is 4.90 Å². The molecule has 0 aliphatic rings. The molecule has 3 nitrogen and oxygen atoms in total. The molecule has 0 radical (unpaired) electrons. The van der Waals surface area contributed by atoms with Gasteiger partial charge in [-0.05, 0) is 30.8 Å². The molecule has 1 aromatic carbocycles. The summed E-state index contributed by atoms with van der Waals surface area (Å²) in [5.41, 5.74) is 1.23. The lowest BCUT2D eigenvalue weighted by atomic mass is 10.1. The molecule has 0 fully saturated rings. The Balaban J connectivity index is 2.72. The van der Waals surface area contributed by atoms with E-state index in [2.05, 4.69) is 6.07 Å². The van der Waals surface area contributed by atoms with E-state index in [-0.39, 0.29) is 5.82 Å². The van der Waals surface area contributed by atoms with E-state index in [1.165, 1.54) is 18.2 Å². The Kier molecular flexibility index (Phi) is 4.90. The summed E-state index contributed by atoms with van der Waals surface area (Å²) in [4.78, 5) is 1.99. The predicted octanol–water partition coefficient (Wildman–Crippen LogP) is 1.78. The summed E-state index contributed by atoms with van der Waals surface area (Å²) in [6.45, 7) is 1.91. The van der Waals surface area contributed by atoms with Crippen LogP contribution in [0.1, 0.15) is 11.1 Å². The Morgan fingerprint density at radius 2 is 2.25 bits per heavy atom. The SMILES string of the molecule is COCCN(C)Cc1cc(F)ccc1C#N. The van der Waals surface area contributed by atoms with E-state index >= 15 is 0 Å². The number of rotatable bonds is 5. The molecule has 0 unspecified atom stereocenters. The molecule has 0 saturated carbocycles. The van der Waals surface area contributed by atoms with E-state index in [4.69, 9.17) is 10.00 Å². The van der Waals surface area contributed by atoms with Crippen LogP contribution < -0.4 is 0 Å². The van der Waals surface area contributed by atoms with Gasteiger partial charge >= 0.3 is 0 Å². The highest BCUT2D eigenvalue weighted by atomic mass is 19.1. The van der Waals surface area contributed by atoms with Crippen molar-refractivity contribution in [2.75, 3.05) is 27.3 Å². The van der Waals surface area contributed by atoms with Crippen molar-refractivity contribution < 1.29 is 9.13 Å². The van der Waals surface area contributed by atoms with Gasteiger partial charge < -0.3 is 4.74 Å². The number of methoxy groups -OCH3 is 1. The van der Waals surface area contributed by atoms with Crippen molar-refractivity contribution in [2.24, 2.45) is 0 Å². The highest BCUT2D eigenvalue weighted by Gasteiger charge is 2.06. The Morgan fingerprint density at radius 3 is 2.88 bits per heavy atom. The minimum atomic E-state index is -0.311. The first-order valence-electron chi connectivity index (χ1n) is 5.03. The molecule has 0 bridgehead atoms. The zero-order valence-electron chi connectivity index (χ0n) is 9.53. The Labute approximate surface area is 95.1 Å². The zero-order valence-corrected chi connectivity index (χ0v) is 9.53. The fourth-order valence-corrected chi connectivity index (χ4v) is 1.42. The summed E-state index contributed by atoms with van der Waals surface area (Å²) in [6, 6.07) is 6.28. The number of nitriles is 1. The van der Waals surface area contributed by atoms with Gasteiger partial charge in [-0.15, -0.1) is 0 Å². The molecule has 86 valence electrons. The molecule has 0 aliphatic carbocycles. The maximum Gasteiger partial charge on any atom is 0.123 e. The molecule has 0 N–H and O–H groups in total. The monoisotopic (exact) mass is 222 g/mol. The molecule has 1 aromatic rings. The van der Waals surface area contributed by atoms with Gasteiger partial charge in [0.15, 0.2) is 0 Å². The summed E-state index contributed by atoms with van der Waals surface area (Å²) < 4.78 is 18.0. The van der Waals surface area contributed by atoms with E-state index in [1.54, 1.807) is 7.11 Å². The average Bonchev–Trinajstić information content (AvgIpc) is 2.27. The van der Waals surface area contributed by atoms with Crippen LogP contribution >= 0.6 is 0 Å². The van der Waals surface area contributed by atoms with E-state index in [0.29, 0.717) is 24.3 Å². The number of likely N-dealkylation sites (N-methyl/N-ethyl adjacent to an activating group) is 1. The molecule has 0 saturated heterocycles. The minimum Gasteiger partial charge on any atom is -0.383 e. The average molecular weight is 222 g/mol. The normalized spacial score (nSPS) is 10.4. The van der Waals surface area contributed by atoms with Gasteiger partial charge in [0.1, 0.15) is 5.82 Å². The highest BCUT2D eigenvalue weighted by molar-refractivity contribution is 5.37. The first-order valence-corrected chi connectivity index (χ1v) is 5.03. The van der Waals surface area contributed by atoms with Crippen LogP contribution in [0.15, 0.2) is 18.2 Å². The van der Waals surface area contributed by atoms with Crippen molar-refractivity contribution in [3.8, 4) is 6.07 Å². The number of benzene rings is 1. The quantitative estimate of drug-likeness (QED) is 0.761. The zero-order chi connectivity index (χ0) is 12.0. The van der Waals surface area contributed by atoms with Crippen molar-refractivity contribution in [3.63, 3.8) is 0 Å². The summed E-state index contributed by atoms with van der Waals surface area (Å²) in [5, 5.41) is 8.88. The molecular formula is C12H15FN2O. The van der Waals surface area contributed by atoms with Crippen LogP contribution in [-0.4, -0.2) is 32.2 Å². The molecule has 1 rings (SSSR count). The minimum absolute atomic E-state index is 0.311. The van der Waals surface area contributed by atoms with Crippen molar-refractivity contribution in [3.05, 3.63) is 35.1 Å². The lowest BCUT2D eigenvalue weighted by Crippen LogP contribution is -2.22. The molecule has 0 amide bonds. The van der Waals surface area contributed by atoms with Gasteiger partial charge in [0.25, 0.3) is 0 Å². The van der Waals surface area contributed by atoms with Gasteiger partial charge in [-0.3, -0.25) is 4.90 Å². The fraction of sp³-hybridized carbons (Fsp3) is 0.417. The molecule has 0 aliphatic heterocycles. The van der Waals surface area contributed by atoms with Gasteiger partial charge in [0, 0.05) is 20.2 Å². The summed E-state index contributed by atoms with van der Waals surface area (Å²) in [7, 11) is 3.54. The third kappa shape index (κ3) is 3.61. The van der Waals surface area contributed by atoms with Crippen LogP contribution in [0, 0.1) is 17.1 Å². The van der Waals surface area contributed by atoms with Crippen molar-refractivity contribution >= 4 is 0 Å². The Bertz CT molecular complexity index is 387. The topological polar surface area (TPSA) is 36.3 Å². The number of ether oxygens (including phenoxy) is 1. The molecule has 0 spiro atoms. The number of hydrogen-bond donors (Lipinski definition) is 0. The summed E-state index contributed by atoms with van der Waals surface area (Å²) in [5.74, 6) is -0.311. The maximum atomic E-state index is 13.0. The van der Waals surface area contributed by atoms with Crippen LogP contribution in [0.5, 0.6) is 0 Å². The second-order valence-corrected chi connectivity index (χ2v) is 3.64. The van der Waals surface area contributed by atoms with Gasteiger partial charge in [-0.25, -0.2) is 4.39 Å². The predicted molar refractivity (Wildman–Crippen MR) is 59.3 cm³/mol. The maximum absolute atomic E-state index is 13.0. The van der Waals surface area contributed by atoms with Gasteiger partial charge in [-0.1, -0.05) is 0 Å². The van der Waals surface area contributed by atoms with Crippen LogP contribution in [0.25, 0.3) is 0 Å². The summed E-state index contributed by atoms with van der Waals surface area (Å²) >= 11 is 0. The lowest BCUT2D eigenvalue weighted by Gasteiger charge is -2.16. The molecular weight excluding hydrogens is 207 g/mol. The molecule has 16 heavy (non-hydrogen) atoms. The second kappa shape index (κ2) is 6.21. The van der Waals surface area contributed by atoms with Gasteiger partial charge in [0.05, 0.1) is 18.2 Å². The van der Waals surface area contributed by atoms with Crippen molar-refractivity contribution in [1.29, 1.82) is 5.26 Å². The molecule has 0 aromatic heterocycles.